The second-order valence-electron chi connectivity index (χ2n) is 5.36. The fourth-order valence-corrected chi connectivity index (χ4v) is 2.67. The molecule has 0 spiro atoms. The van der Waals surface area contributed by atoms with Crippen molar-refractivity contribution >= 4 is 5.91 Å². The fraction of sp³-hybridized carbons (Fsp3) is 0.500. The molecular formula is C16H21N3O2. The largest absolute Gasteiger partial charge is 0.495 e. The highest BCUT2D eigenvalue weighted by molar-refractivity contribution is 5.81. The number of hydrogen-bond acceptors (Lipinski definition) is 4. The van der Waals surface area contributed by atoms with Gasteiger partial charge in [-0.15, -0.1) is 0 Å². The molecule has 0 aromatic heterocycles. The van der Waals surface area contributed by atoms with Crippen molar-refractivity contribution in [2.75, 3.05) is 20.7 Å². The third kappa shape index (κ3) is 3.73. The standard InChI is InChI=1S/C16H21N3O2/c1-19(14-5-3-4-8-18-16(14)20)11-12-6-7-13(10-17)15(9-12)21-2/h6-7,9,14H,3-5,8,11H2,1-2H3,(H,18,20). The second-order valence-corrected chi connectivity index (χ2v) is 5.36. The Balaban J connectivity index is 2.10. The van der Waals surface area contributed by atoms with Gasteiger partial charge in [0.15, 0.2) is 0 Å². The Hall–Kier alpha value is -2.06. The normalized spacial score (nSPS) is 18.8. The van der Waals surface area contributed by atoms with E-state index in [-0.39, 0.29) is 11.9 Å². The number of carbonyl (C=O) groups is 1. The molecule has 1 atom stereocenters. The predicted octanol–water partition coefficient (Wildman–Crippen LogP) is 1.67. The molecule has 2 rings (SSSR count). The van der Waals surface area contributed by atoms with Gasteiger partial charge in [-0.05, 0) is 44.0 Å². The van der Waals surface area contributed by atoms with Crippen molar-refractivity contribution < 1.29 is 9.53 Å². The maximum atomic E-state index is 12.0. The van der Waals surface area contributed by atoms with E-state index in [1.807, 2.05) is 19.2 Å². The number of rotatable bonds is 4. The van der Waals surface area contributed by atoms with Crippen molar-refractivity contribution in [1.82, 2.24) is 10.2 Å². The van der Waals surface area contributed by atoms with Gasteiger partial charge in [-0.1, -0.05) is 6.07 Å². The number of ether oxygens (including phenoxy) is 1. The summed E-state index contributed by atoms with van der Waals surface area (Å²) in [5.74, 6) is 0.685. The van der Waals surface area contributed by atoms with Gasteiger partial charge in [0.25, 0.3) is 0 Å². The van der Waals surface area contributed by atoms with Crippen LogP contribution in [0, 0.1) is 11.3 Å². The van der Waals surface area contributed by atoms with E-state index in [1.165, 1.54) is 0 Å². The second kappa shape index (κ2) is 7.09. The molecule has 0 bridgehead atoms. The topological polar surface area (TPSA) is 65.4 Å². The molecule has 5 nitrogen and oxygen atoms in total. The van der Waals surface area contributed by atoms with Crippen LogP contribution in [0.3, 0.4) is 0 Å². The molecule has 1 N–H and O–H groups in total. The molecule has 1 unspecified atom stereocenters. The van der Waals surface area contributed by atoms with Crippen LogP contribution in [0.1, 0.15) is 30.4 Å². The molecule has 0 radical (unpaired) electrons. The number of benzene rings is 1. The first-order valence-corrected chi connectivity index (χ1v) is 7.20. The maximum absolute atomic E-state index is 12.0. The van der Waals surface area contributed by atoms with Gasteiger partial charge >= 0.3 is 0 Å². The molecule has 0 aliphatic carbocycles. The highest BCUT2D eigenvalue weighted by Crippen LogP contribution is 2.21. The van der Waals surface area contributed by atoms with E-state index >= 15 is 0 Å². The first-order chi connectivity index (χ1) is 10.2. The Bertz CT molecular complexity index is 551. The Morgan fingerprint density at radius 2 is 2.29 bits per heavy atom. The summed E-state index contributed by atoms with van der Waals surface area (Å²) in [5.41, 5.74) is 1.56. The smallest absolute Gasteiger partial charge is 0.237 e. The summed E-state index contributed by atoms with van der Waals surface area (Å²) in [6.07, 6.45) is 2.99. The molecule has 0 saturated carbocycles. The molecule has 5 heteroatoms. The zero-order valence-electron chi connectivity index (χ0n) is 12.6. The number of methoxy groups -OCH3 is 1. The lowest BCUT2D eigenvalue weighted by Crippen LogP contribution is -2.43. The summed E-state index contributed by atoms with van der Waals surface area (Å²) in [6, 6.07) is 7.55. The maximum Gasteiger partial charge on any atom is 0.237 e. The molecule has 1 fully saturated rings. The van der Waals surface area contributed by atoms with Crippen molar-refractivity contribution in [2.45, 2.75) is 31.8 Å². The van der Waals surface area contributed by atoms with E-state index < -0.39 is 0 Å². The molecule has 1 saturated heterocycles. The number of hydrogen-bond donors (Lipinski definition) is 1. The third-order valence-corrected chi connectivity index (χ3v) is 3.86. The summed E-state index contributed by atoms with van der Waals surface area (Å²) in [6.45, 7) is 1.42. The monoisotopic (exact) mass is 287 g/mol. The number of amides is 1. The van der Waals surface area contributed by atoms with Gasteiger partial charge in [0, 0.05) is 13.1 Å². The third-order valence-electron chi connectivity index (χ3n) is 3.86. The van der Waals surface area contributed by atoms with Crippen molar-refractivity contribution in [2.24, 2.45) is 0 Å². The Morgan fingerprint density at radius 3 is 3.00 bits per heavy atom. The zero-order chi connectivity index (χ0) is 15.2. The van der Waals surface area contributed by atoms with Crippen LogP contribution in [-0.2, 0) is 11.3 Å². The van der Waals surface area contributed by atoms with Gasteiger partial charge in [-0.3, -0.25) is 9.69 Å². The van der Waals surface area contributed by atoms with Gasteiger partial charge in [-0.25, -0.2) is 0 Å². The summed E-state index contributed by atoms with van der Waals surface area (Å²) in [7, 11) is 3.52. The zero-order valence-corrected chi connectivity index (χ0v) is 12.6. The van der Waals surface area contributed by atoms with Gasteiger partial charge in [0.05, 0.1) is 18.7 Å². The summed E-state index contributed by atoms with van der Waals surface area (Å²) < 4.78 is 5.22. The van der Waals surface area contributed by atoms with E-state index in [9.17, 15) is 4.79 Å². The lowest BCUT2D eigenvalue weighted by molar-refractivity contribution is -0.125. The first-order valence-electron chi connectivity index (χ1n) is 7.20. The predicted molar refractivity (Wildman–Crippen MR) is 79.8 cm³/mol. The highest BCUT2D eigenvalue weighted by atomic mass is 16.5. The average molecular weight is 287 g/mol. The van der Waals surface area contributed by atoms with Gasteiger partial charge in [0.1, 0.15) is 11.8 Å². The van der Waals surface area contributed by atoms with Crippen molar-refractivity contribution in [3.05, 3.63) is 29.3 Å². The minimum atomic E-state index is -0.0888. The van der Waals surface area contributed by atoms with Gasteiger partial charge in [0.2, 0.25) is 5.91 Å². The van der Waals surface area contributed by atoms with Crippen LogP contribution in [0.2, 0.25) is 0 Å². The van der Waals surface area contributed by atoms with E-state index in [0.29, 0.717) is 17.9 Å². The molecule has 21 heavy (non-hydrogen) atoms. The number of nitriles is 1. The number of carbonyl (C=O) groups excluding carboxylic acids is 1. The molecular weight excluding hydrogens is 266 g/mol. The molecule has 112 valence electrons. The summed E-state index contributed by atoms with van der Waals surface area (Å²) >= 11 is 0. The SMILES string of the molecule is COc1cc(CN(C)C2CCCCNC2=O)ccc1C#N. The number of nitrogens with one attached hydrogen (secondary N) is 1. The van der Waals surface area contributed by atoms with Crippen molar-refractivity contribution in [3.63, 3.8) is 0 Å². The molecule has 1 amide bonds. The van der Waals surface area contributed by atoms with E-state index in [2.05, 4.69) is 16.3 Å². The van der Waals surface area contributed by atoms with E-state index in [0.717, 1.165) is 31.4 Å². The van der Waals surface area contributed by atoms with Crippen LogP contribution < -0.4 is 10.1 Å². The summed E-state index contributed by atoms with van der Waals surface area (Å²) in [5, 5.41) is 12.0. The molecule has 1 aromatic carbocycles. The lowest BCUT2D eigenvalue weighted by atomic mass is 10.1. The van der Waals surface area contributed by atoms with Crippen molar-refractivity contribution in [1.29, 1.82) is 5.26 Å². The minimum Gasteiger partial charge on any atom is -0.495 e. The molecule has 1 aliphatic rings. The van der Waals surface area contributed by atoms with Gasteiger partial charge < -0.3 is 10.1 Å². The first kappa shape index (κ1) is 15.3. The van der Waals surface area contributed by atoms with Crippen LogP contribution in [-0.4, -0.2) is 37.6 Å². The fourth-order valence-electron chi connectivity index (χ4n) is 2.67. The molecule has 1 aromatic rings. The molecule has 1 heterocycles. The van der Waals surface area contributed by atoms with E-state index in [1.54, 1.807) is 13.2 Å². The Labute approximate surface area is 125 Å². The summed E-state index contributed by atoms with van der Waals surface area (Å²) in [4.78, 5) is 14.1. The lowest BCUT2D eigenvalue weighted by Gasteiger charge is -2.25. The molecule has 1 aliphatic heterocycles. The Morgan fingerprint density at radius 1 is 1.48 bits per heavy atom. The quantitative estimate of drug-likeness (QED) is 0.915. The van der Waals surface area contributed by atoms with Crippen LogP contribution >= 0.6 is 0 Å². The minimum absolute atomic E-state index is 0.0888. The van der Waals surface area contributed by atoms with Crippen LogP contribution in [0.5, 0.6) is 5.75 Å². The van der Waals surface area contributed by atoms with Crippen LogP contribution in [0.25, 0.3) is 0 Å². The average Bonchev–Trinajstić information content (AvgIpc) is 2.71. The highest BCUT2D eigenvalue weighted by Gasteiger charge is 2.24. The number of likely N-dealkylation sites (N-methyl/N-ethyl adjacent to an activating group) is 1. The van der Waals surface area contributed by atoms with Gasteiger partial charge in [-0.2, -0.15) is 5.26 Å². The van der Waals surface area contributed by atoms with Crippen LogP contribution in [0.15, 0.2) is 18.2 Å². The Kier molecular flexibility index (Phi) is 5.18. The van der Waals surface area contributed by atoms with E-state index in [4.69, 9.17) is 10.00 Å². The van der Waals surface area contributed by atoms with Crippen molar-refractivity contribution in [3.8, 4) is 11.8 Å². The van der Waals surface area contributed by atoms with Crippen LogP contribution in [0.4, 0.5) is 0 Å². The number of nitrogens with zero attached hydrogens (tertiary/aromatic N) is 2.